The summed E-state index contributed by atoms with van der Waals surface area (Å²) >= 11 is 3.49. The number of hydrogen-bond donors (Lipinski definition) is 1. The van der Waals surface area contributed by atoms with E-state index in [1.165, 1.54) is 18.7 Å². The third-order valence-electron chi connectivity index (χ3n) is 3.62. The maximum Gasteiger partial charge on any atom is 0.0392 e. The molecule has 0 bridgehead atoms. The topological polar surface area (TPSA) is 18.5 Å². The van der Waals surface area contributed by atoms with Crippen molar-refractivity contribution in [3.05, 3.63) is 28.7 Å². The summed E-state index contributed by atoms with van der Waals surface area (Å²) in [6.07, 6.45) is 1.23. The average Bonchev–Trinajstić information content (AvgIpc) is 2.54. The minimum absolute atomic E-state index is 0.584. The van der Waals surface area contributed by atoms with E-state index in [1.54, 1.807) is 0 Å². The molecule has 1 aliphatic heterocycles. The number of anilines is 1. The molecule has 0 aromatic heterocycles. The van der Waals surface area contributed by atoms with E-state index in [2.05, 4.69) is 62.4 Å². The van der Waals surface area contributed by atoms with Crippen LogP contribution >= 0.6 is 15.9 Å². The van der Waals surface area contributed by atoms with Crippen molar-refractivity contribution in [1.82, 2.24) is 10.2 Å². The molecule has 18 heavy (non-hydrogen) atoms. The molecular formula is C14H22BrN3. The Bertz CT molecular complexity index is 366. The molecule has 1 aromatic carbocycles. The molecule has 0 amide bonds. The highest BCUT2D eigenvalue weighted by molar-refractivity contribution is 9.10. The van der Waals surface area contributed by atoms with Crippen molar-refractivity contribution in [2.24, 2.45) is 0 Å². The van der Waals surface area contributed by atoms with E-state index in [-0.39, 0.29) is 0 Å². The first-order chi connectivity index (χ1) is 8.70. The lowest BCUT2D eigenvalue weighted by Gasteiger charge is -2.30. The van der Waals surface area contributed by atoms with Crippen molar-refractivity contribution in [1.29, 1.82) is 0 Å². The zero-order valence-electron chi connectivity index (χ0n) is 11.2. The predicted molar refractivity (Wildman–Crippen MR) is 81.3 cm³/mol. The molecule has 0 aliphatic carbocycles. The Kier molecular flexibility index (Phi) is 5.03. The minimum atomic E-state index is 0.584. The highest BCUT2D eigenvalue weighted by atomic mass is 79.9. The molecule has 1 unspecified atom stereocenters. The normalized spacial score (nSPS) is 21.9. The van der Waals surface area contributed by atoms with Gasteiger partial charge in [0.05, 0.1) is 0 Å². The van der Waals surface area contributed by atoms with Crippen molar-refractivity contribution in [2.75, 3.05) is 45.2 Å². The molecule has 0 spiro atoms. The van der Waals surface area contributed by atoms with Gasteiger partial charge in [-0.05, 0) is 51.3 Å². The maximum atomic E-state index is 3.49. The molecule has 3 nitrogen and oxygen atoms in total. The summed E-state index contributed by atoms with van der Waals surface area (Å²) in [7, 11) is 4.26. The van der Waals surface area contributed by atoms with Crippen molar-refractivity contribution < 1.29 is 0 Å². The van der Waals surface area contributed by atoms with Gasteiger partial charge in [-0.15, -0.1) is 0 Å². The van der Waals surface area contributed by atoms with E-state index in [0.717, 1.165) is 24.1 Å². The fourth-order valence-electron chi connectivity index (χ4n) is 2.52. The summed E-state index contributed by atoms with van der Waals surface area (Å²) in [5.41, 5.74) is 1.33. The molecule has 4 heteroatoms. The van der Waals surface area contributed by atoms with Gasteiger partial charge in [-0.3, -0.25) is 0 Å². The first kappa shape index (κ1) is 13.8. The van der Waals surface area contributed by atoms with Gasteiger partial charge in [-0.25, -0.2) is 0 Å². The molecule has 1 aliphatic rings. The minimum Gasteiger partial charge on any atom is -0.370 e. The molecule has 0 saturated carbocycles. The Morgan fingerprint density at radius 2 is 2.00 bits per heavy atom. The van der Waals surface area contributed by atoms with Crippen LogP contribution in [-0.2, 0) is 0 Å². The standard InChI is InChI=1S/C14H22BrN3/c1-16-10-14-11-18(9-3-8-17(14)2)13-6-4-12(15)5-7-13/h4-7,14,16H,3,8-11H2,1-2H3. The van der Waals surface area contributed by atoms with Crippen molar-refractivity contribution in [3.8, 4) is 0 Å². The third kappa shape index (κ3) is 3.46. The van der Waals surface area contributed by atoms with Gasteiger partial charge in [-0.2, -0.15) is 0 Å². The van der Waals surface area contributed by atoms with Gasteiger partial charge in [0.2, 0.25) is 0 Å². The molecule has 1 saturated heterocycles. The Morgan fingerprint density at radius 3 is 2.67 bits per heavy atom. The molecular weight excluding hydrogens is 290 g/mol. The maximum absolute atomic E-state index is 3.49. The lowest BCUT2D eigenvalue weighted by Crippen LogP contribution is -2.44. The summed E-state index contributed by atoms with van der Waals surface area (Å²) in [5.74, 6) is 0. The van der Waals surface area contributed by atoms with E-state index >= 15 is 0 Å². The van der Waals surface area contributed by atoms with Crippen LogP contribution in [0.25, 0.3) is 0 Å². The first-order valence-corrected chi connectivity index (χ1v) is 7.35. The second kappa shape index (κ2) is 6.55. The second-order valence-corrected chi connectivity index (χ2v) is 5.88. The van der Waals surface area contributed by atoms with Gasteiger partial charge in [0.15, 0.2) is 0 Å². The second-order valence-electron chi connectivity index (χ2n) is 4.97. The number of benzene rings is 1. The van der Waals surface area contributed by atoms with Gasteiger partial charge in [-0.1, -0.05) is 15.9 Å². The number of rotatable bonds is 3. The Labute approximate surface area is 118 Å². The van der Waals surface area contributed by atoms with Crippen LogP contribution in [0, 0.1) is 0 Å². The van der Waals surface area contributed by atoms with E-state index in [1.807, 2.05) is 7.05 Å². The summed E-state index contributed by atoms with van der Waals surface area (Å²) in [6.45, 7) is 4.47. The fraction of sp³-hybridized carbons (Fsp3) is 0.571. The molecule has 1 fully saturated rings. The molecule has 100 valence electrons. The van der Waals surface area contributed by atoms with E-state index in [9.17, 15) is 0 Å². The lowest BCUT2D eigenvalue weighted by molar-refractivity contribution is 0.257. The van der Waals surface area contributed by atoms with Crippen molar-refractivity contribution in [2.45, 2.75) is 12.5 Å². The van der Waals surface area contributed by atoms with E-state index < -0.39 is 0 Å². The molecule has 2 rings (SSSR count). The summed E-state index contributed by atoms with van der Waals surface area (Å²) < 4.78 is 1.14. The average molecular weight is 312 g/mol. The number of nitrogens with zero attached hydrogens (tertiary/aromatic N) is 2. The molecule has 1 N–H and O–H groups in total. The van der Waals surface area contributed by atoms with Gasteiger partial charge in [0.1, 0.15) is 0 Å². The number of halogens is 1. The van der Waals surface area contributed by atoms with Crippen molar-refractivity contribution >= 4 is 21.6 Å². The number of likely N-dealkylation sites (N-methyl/N-ethyl adjacent to an activating group) is 2. The van der Waals surface area contributed by atoms with Gasteiger partial charge in [0, 0.05) is 35.8 Å². The van der Waals surface area contributed by atoms with Gasteiger partial charge < -0.3 is 15.1 Å². The quantitative estimate of drug-likeness (QED) is 0.923. The zero-order chi connectivity index (χ0) is 13.0. The monoisotopic (exact) mass is 311 g/mol. The number of hydrogen-bond acceptors (Lipinski definition) is 3. The SMILES string of the molecule is CNCC1CN(c2ccc(Br)cc2)CCCN1C. The van der Waals surface area contributed by atoms with E-state index in [4.69, 9.17) is 0 Å². The van der Waals surface area contributed by atoms with Crippen LogP contribution in [0.1, 0.15) is 6.42 Å². The largest absolute Gasteiger partial charge is 0.370 e. The Hall–Kier alpha value is -0.580. The molecule has 0 radical (unpaired) electrons. The Morgan fingerprint density at radius 1 is 1.28 bits per heavy atom. The van der Waals surface area contributed by atoms with Crippen LogP contribution < -0.4 is 10.2 Å². The highest BCUT2D eigenvalue weighted by Crippen LogP contribution is 2.21. The van der Waals surface area contributed by atoms with Crippen LogP contribution in [0.15, 0.2) is 28.7 Å². The van der Waals surface area contributed by atoms with Crippen LogP contribution in [0.2, 0.25) is 0 Å². The smallest absolute Gasteiger partial charge is 0.0392 e. The molecule has 1 heterocycles. The molecule has 1 atom stereocenters. The van der Waals surface area contributed by atoms with Crippen molar-refractivity contribution in [3.63, 3.8) is 0 Å². The third-order valence-corrected chi connectivity index (χ3v) is 4.15. The first-order valence-electron chi connectivity index (χ1n) is 6.56. The lowest BCUT2D eigenvalue weighted by atomic mass is 10.2. The fourth-order valence-corrected chi connectivity index (χ4v) is 2.79. The van der Waals surface area contributed by atoms with Gasteiger partial charge >= 0.3 is 0 Å². The Balaban J connectivity index is 2.10. The molecule has 1 aromatic rings. The van der Waals surface area contributed by atoms with E-state index in [0.29, 0.717) is 6.04 Å². The summed E-state index contributed by atoms with van der Waals surface area (Å²) in [4.78, 5) is 4.97. The highest BCUT2D eigenvalue weighted by Gasteiger charge is 2.21. The predicted octanol–water partition coefficient (Wildman–Crippen LogP) is 2.18. The summed E-state index contributed by atoms with van der Waals surface area (Å²) in [5, 5.41) is 3.30. The zero-order valence-corrected chi connectivity index (χ0v) is 12.8. The summed E-state index contributed by atoms with van der Waals surface area (Å²) in [6, 6.07) is 9.23. The van der Waals surface area contributed by atoms with Crippen LogP contribution in [0.3, 0.4) is 0 Å². The van der Waals surface area contributed by atoms with Crippen LogP contribution in [0.4, 0.5) is 5.69 Å². The van der Waals surface area contributed by atoms with Crippen LogP contribution in [0.5, 0.6) is 0 Å². The van der Waals surface area contributed by atoms with Crippen LogP contribution in [-0.4, -0.2) is 51.2 Å². The van der Waals surface area contributed by atoms with Gasteiger partial charge in [0.25, 0.3) is 0 Å². The number of nitrogens with one attached hydrogen (secondary N) is 1.